The number of sulfonamides is 1. The van der Waals surface area contributed by atoms with E-state index in [2.05, 4.69) is 26.0 Å². The minimum atomic E-state index is -3.85. The van der Waals surface area contributed by atoms with Crippen LogP contribution in [0.4, 0.5) is 4.79 Å². The molecule has 12 nitrogen and oxygen atoms in total. The zero-order valence-corrected chi connectivity index (χ0v) is 26.8. The monoisotopic (exact) mass is 668 g/mol. The first-order valence-corrected chi connectivity index (χ1v) is 16.8. The molecule has 2 aromatic carbocycles. The van der Waals surface area contributed by atoms with E-state index in [-0.39, 0.29) is 36.5 Å². The number of unbranched alkanes of at least 4 members (excludes halogenated alkanes) is 1. The van der Waals surface area contributed by atoms with Crippen LogP contribution in [0.25, 0.3) is 0 Å². The van der Waals surface area contributed by atoms with Gasteiger partial charge in [0.25, 0.3) is 0 Å². The Bertz CT molecular complexity index is 1440. The van der Waals surface area contributed by atoms with Crippen molar-refractivity contribution in [1.29, 1.82) is 0 Å². The van der Waals surface area contributed by atoms with Crippen LogP contribution >= 0.6 is 23.2 Å². The number of nitrogens with one attached hydrogen (secondary N) is 5. The average Bonchev–Trinajstić information content (AvgIpc) is 3.62. The number of benzene rings is 2. The molecule has 2 atom stereocenters. The Hall–Kier alpha value is -3.10. The van der Waals surface area contributed by atoms with Crippen LogP contribution < -0.4 is 30.7 Å². The molecule has 0 unspecified atom stereocenters. The lowest BCUT2D eigenvalue weighted by molar-refractivity contribution is -0.131. The number of carbonyl (C=O) groups excluding carboxylic acids is 3. The Kier molecular flexibility index (Phi) is 12.1. The summed E-state index contributed by atoms with van der Waals surface area (Å²) >= 11 is 12.5. The Morgan fingerprint density at radius 2 is 1.73 bits per heavy atom. The van der Waals surface area contributed by atoms with Crippen LogP contribution in [-0.2, 0) is 26.0 Å². The number of rotatable bonds is 14. The van der Waals surface area contributed by atoms with E-state index >= 15 is 0 Å². The summed E-state index contributed by atoms with van der Waals surface area (Å²) in [5, 5.41) is 11.8. The summed E-state index contributed by atoms with van der Waals surface area (Å²) in [6.07, 6.45) is 3.45. The van der Waals surface area contributed by atoms with Gasteiger partial charge in [0, 0.05) is 35.7 Å². The first kappa shape index (κ1) is 33.8. The molecule has 1 fully saturated rings. The van der Waals surface area contributed by atoms with Crippen LogP contribution in [0.5, 0.6) is 5.75 Å². The second-order valence-corrected chi connectivity index (χ2v) is 13.3. The number of likely N-dealkylation sites (tertiary alicyclic amines) is 1. The number of ether oxygens (including phenoxy) is 1. The number of amides is 4. The summed E-state index contributed by atoms with van der Waals surface area (Å²) in [6.45, 7) is 1.36. The molecule has 4 amide bonds. The van der Waals surface area contributed by atoms with Gasteiger partial charge in [-0.25, -0.2) is 17.9 Å². The standard InChI is InChI=1S/C29H38Cl2N6O6S/c1-32-11-2-3-12-33-29(40)35-16-27(38)34-17-28(39)37-13-10-20(18-37)36-44(41,42)22-6-4-21(5-7-22)43-26-9-8-23-24(26)14-19(30)15-25(23)31/h4-7,14-15,20,26,32,36H,2-3,8-13,16-18H2,1H3,(H,34,38)(H2,33,35,40)/t20-,26+/m0/s1. The molecule has 0 bridgehead atoms. The summed E-state index contributed by atoms with van der Waals surface area (Å²) < 4.78 is 34.8. The summed E-state index contributed by atoms with van der Waals surface area (Å²) in [6, 6.07) is 8.80. The van der Waals surface area contributed by atoms with Crippen molar-refractivity contribution in [2.45, 2.75) is 49.1 Å². The highest BCUT2D eigenvalue weighted by atomic mass is 35.5. The third kappa shape index (κ3) is 9.45. The van der Waals surface area contributed by atoms with Crippen LogP contribution in [0.3, 0.4) is 0 Å². The van der Waals surface area contributed by atoms with Crippen molar-refractivity contribution in [3.05, 3.63) is 57.6 Å². The maximum atomic E-state index is 13.0. The quantitative estimate of drug-likeness (QED) is 0.193. The summed E-state index contributed by atoms with van der Waals surface area (Å²) in [5.74, 6) is -0.322. The van der Waals surface area contributed by atoms with Crippen LogP contribution in [0.15, 0.2) is 41.3 Å². The fourth-order valence-electron chi connectivity index (χ4n) is 5.16. The third-order valence-electron chi connectivity index (χ3n) is 7.46. The lowest BCUT2D eigenvalue weighted by Crippen LogP contribution is -2.45. The second kappa shape index (κ2) is 15.8. The highest BCUT2D eigenvalue weighted by Gasteiger charge is 2.30. The molecule has 0 radical (unpaired) electrons. The van der Waals surface area contributed by atoms with Gasteiger partial charge in [-0.05, 0) is 93.2 Å². The predicted molar refractivity (Wildman–Crippen MR) is 167 cm³/mol. The largest absolute Gasteiger partial charge is 0.486 e. The van der Waals surface area contributed by atoms with Gasteiger partial charge in [-0.15, -0.1) is 0 Å². The Morgan fingerprint density at radius 3 is 2.48 bits per heavy atom. The number of fused-ring (bicyclic) bond motifs is 1. The molecule has 0 spiro atoms. The highest BCUT2D eigenvalue weighted by Crippen LogP contribution is 2.40. The smallest absolute Gasteiger partial charge is 0.315 e. The van der Waals surface area contributed by atoms with Gasteiger partial charge in [0.1, 0.15) is 11.9 Å². The van der Waals surface area contributed by atoms with Gasteiger partial charge in [-0.2, -0.15) is 0 Å². The first-order chi connectivity index (χ1) is 21.1. The van der Waals surface area contributed by atoms with E-state index in [0.717, 1.165) is 43.4 Å². The van der Waals surface area contributed by atoms with Gasteiger partial charge >= 0.3 is 6.03 Å². The minimum Gasteiger partial charge on any atom is -0.486 e. The molecular weight excluding hydrogens is 631 g/mol. The van der Waals surface area contributed by atoms with Crippen LogP contribution in [0.2, 0.25) is 10.0 Å². The molecule has 1 saturated heterocycles. The normalized spacial score (nSPS) is 17.7. The predicted octanol–water partition coefficient (Wildman–Crippen LogP) is 2.35. The van der Waals surface area contributed by atoms with Gasteiger partial charge in [-0.3, -0.25) is 9.59 Å². The van der Waals surface area contributed by atoms with Crippen molar-refractivity contribution in [2.24, 2.45) is 0 Å². The molecule has 0 aromatic heterocycles. The van der Waals surface area contributed by atoms with Crippen LogP contribution in [0, 0.1) is 0 Å². The summed E-state index contributed by atoms with van der Waals surface area (Å²) in [4.78, 5) is 38.0. The van der Waals surface area contributed by atoms with Gasteiger partial charge in [0.05, 0.1) is 18.0 Å². The van der Waals surface area contributed by atoms with E-state index in [0.29, 0.717) is 35.3 Å². The van der Waals surface area contributed by atoms with Crippen molar-refractivity contribution in [1.82, 2.24) is 30.9 Å². The molecule has 44 heavy (non-hydrogen) atoms. The van der Waals surface area contributed by atoms with Crippen LogP contribution in [0.1, 0.15) is 42.9 Å². The van der Waals surface area contributed by atoms with Crippen molar-refractivity contribution in [2.75, 3.05) is 46.3 Å². The lowest BCUT2D eigenvalue weighted by Gasteiger charge is -2.18. The number of hydrogen-bond donors (Lipinski definition) is 5. The zero-order chi connectivity index (χ0) is 31.7. The molecule has 4 rings (SSSR count). The van der Waals surface area contributed by atoms with E-state index < -0.39 is 28.0 Å². The molecule has 0 saturated carbocycles. The summed E-state index contributed by atoms with van der Waals surface area (Å²) in [7, 11) is -1.99. The molecule has 1 aliphatic heterocycles. The minimum absolute atomic E-state index is 0.0781. The summed E-state index contributed by atoms with van der Waals surface area (Å²) in [5.41, 5.74) is 1.95. The molecule has 15 heteroatoms. The van der Waals surface area contributed by atoms with E-state index in [9.17, 15) is 22.8 Å². The van der Waals surface area contributed by atoms with Gasteiger partial charge in [-0.1, -0.05) is 23.2 Å². The average molecular weight is 670 g/mol. The SMILES string of the molecule is CNCCCCNC(=O)NCC(=O)NCC(=O)N1CC[C@H](NS(=O)(=O)c2ccc(O[C@@H]3CCc4c(Cl)cc(Cl)cc43)cc2)C1. The lowest BCUT2D eigenvalue weighted by atomic mass is 10.1. The number of urea groups is 1. The number of hydrogen-bond acceptors (Lipinski definition) is 7. The Labute approximate surface area is 267 Å². The number of nitrogens with zero attached hydrogens (tertiary/aromatic N) is 1. The van der Waals surface area contributed by atoms with Crippen molar-refractivity contribution < 1.29 is 27.5 Å². The van der Waals surface area contributed by atoms with Crippen molar-refractivity contribution in [3.63, 3.8) is 0 Å². The molecule has 1 heterocycles. The van der Waals surface area contributed by atoms with E-state index in [4.69, 9.17) is 27.9 Å². The second-order valence-electron chi connectivity index (χ2n) is 10.7. The maximum absolute atomic E-state index is 13.0. The number of halogens is 2. The van der Waals surface area contributed by atoms with Gasteiger partial charge < -0.3 is 30.9 Å². The van der Waals surface area contributed by atoms with E-state index in [1.807, 2.05) is 13.1 Å². The van der Waals surface area contributed by atoms with E-state index in [1.165, 1.54) is 17.0 Å². The topological polar surface area (TPSA) is 158 Å². The fourth-order valence-corrected chi connectivity index (χ4v) is 7.03. The van der Waals surface area contributed by atoms with Crippen LogP contribution in [-0.4, -0.2) is 83.5 Å². The maximum Gasteiger partial charge on any atom is 0.315 e. The van der Waals surface area contributed by atoms with E-state index in [1.54, 1.807) is 18.2 Å². The molecule has 2 aromatic rings. The molecular formula is C29H38Cl2N6O6S. The number of carbonyl (C=O) groups is 3. The molecule has 5 N–H and O–H groups in total. The third-order valence-corrected chi connectivity index (χ3v) is 9.55. The first-order valence-electron chi connectivity index (χ1n) is 14.5. The molecule has 2 aliphatic rings. The Morgan fingerprint density at radius 1 is 0.977 bits per heavy atom. The van der Waals surface area contributed by atoms with Crippen molar-refractivity contribution >= 4 is 51.1 Å². The van der Waals surface area contributed by atoms with Gasteiger partial charge in [0.15, 0.2) is 0 Å². The van der Waals surface area contributed by atoms with Gasteiger partial charge in [0.2, 0.25) is 21.8 Å². The zero-order valence-electron chi connectivity index (χ0n) is 24.5. The fraction of sp³-hybridized carbons (Fsp3) is 0.483. The molecule has 240 valence electrons. The highest BCUT2D eigenvalue weighted by molar-refractivity contribution is 7.89. The Balaban J connectivity index is 1.18. The molecule has 1 aliphatic carbocycles. The van der Waals surface area contributed by atoms with Crippen molar-refractivity contribution in [3.8, 4) is 5.75 Å².